The van der Waals surface area contributed by atoms with Crippen molar-refractivity contribution in [1.29, 1.82) is 0 Å². The van der Waals surface area contributed by atoms with Crippen molar-refractivity contribution in [2.24, 2.45) is 7.05 Å². The molecule has 96 valence electrons. The van der Waals surface area contributed by atoms with Crippen LogP contribution in [-0.2, 0) is 11.8 Å². The molecule has 1 aromatic carbocycles. The molecule has 0 radical (unpaired) electrons. The fourth-order valence-electron chi connectivity index (χ4n) is 1.87. The van der Waals surface area contributed by atoms with Crippen LogP contribution in [-0.4, -0.2) is 36.0 Å². The van der Waals surface area contributed by atoms with Crippen LogP contribution in [0.15, 0.2) is 24.3 Å². The molecule has 1 aromatic heterocycles. The number of carboxylic acid groups (broad SMARTS) is 1. The number of aromatic carboxylic acids is 1. The van der Waals surface area contributed by atoms with E-state index in [0.29, 0.717) is 19.0 Å². The smallest absolute Gasteiger partial charge is 0.352 e. The number of carbonyl (C=O) groups is 1. The van der Waals surface area contributed by atoms with Gasteiger partial charge in [0.05, 0.1) is 6.61 Å². The third kappa shape index (κ3) is 2.31. The van der Waals surface area contributed by atoms with Crippen LogP contribution in [0, 0.1) is 0 Å². The number of aryl methyl sites for hydroxylation is 1. The highest BCUT2D eigenvalue weighted by atomic mass is 16.5. The number of benzene rings is 1. The molecule has 2 rings (SSSR count). The summed E-state index contributed by atoms with van der Waals surface area (Å²) in [6.07, 6.45) is 0. The van der Waals surface area contributed by atoms with E-state index in [2.05, 4.69) is 0 Å². The summed E-state index contributed by atoms with van der Waals surface area (Å²) in [7, 11) is 3.35. The first-order valence-electron chi connectivity index (χ1n) is 5.58. The first kappa shape index (κ1) is 12.4. The highest BCUT2D eigenvalue weighted by Gasteiger charge is 2.12. The Bertz CT molecular complexity index is 574. The third-order valence-corrected chi connectivity index (χ3v) is 2.79. The van der Waals surface area contributed by atoms with Crippen LogP contribution in [0.5, 0.6) is 5.75 Å². The molecule has 5 heteroatoms. The summed E-state index contributed by atoms with van der Waals surface area (Å²) < 4.78 is 12.0. The first-order chi connectivity index (χ1) is 8.63. The van der Waals surface area contributed by atoms with Crippen LogP contribution < -0.4 is 4.74 Å². The fraction of sp³-hybridized carbons (Fsp3) is 0.308. The van der Waals surface area contributed by atoms with E-state index >= 15 is 0 Å². The molecule has 0 saturated carbocycles. The summed E-state index contributed by atoms with van der Waals surface area (Å²) in [5, 5.41) is 9.89. The van der Waals surface area contributed by atoms with Gasteiger partial charge in [0.2, 0.25) is 0 Å². The van der Waals surface area contributed by atoms with Crippen molar-refractivity contribution in [3.8, 4) is 5.75 Å². The predicted molar refractivity (Wildman–Crippen MR) is 67.2 cm³/mol. The number of ether oxygens (including phenoxy) is 2. The van der Waals surface area contributed by atoms with Gasteiger partial charge < -0.3 is 19.1 Å². The van der Waals surface area contributed by atoms with Gasteiger partial charge in [0.1, 0.15) is 18.1 Å². The molecule has 0 aliphatic heterocycles. The lowest BCUT2D eigenvalue weighted by atomic mass is 10.2. The highest BCUT2D eigenvalue weighted by Crippen LogP contribution is 2.23. The van der Waals surface area contributed by atoms with E-state index in [-0.39, 0.29) is 5.69 Å². The third-order valence-electron chi connectivity index (χ3n) is 2.79. The number of fused-ring (bicyclic) bond motifs is 1. The maximum atomic E-state index is 11.0. The Balaban J connectivity index is 2.31. The lowest BCUT2D eigenvalue weighted by Gasteiger charge is -2.05. The Morgan fingerprint density at radius 2 is 2.11 bits per heavy atom. The Hall–Kier alpha value is -2.01. The quantitative estimate of drug-likeness (QED) is 0.822. The normalized spacial score (nSPS) is 10.8. The number of methoxy groups -OCH3 is 1. The van der Waals surface area contributed by atoms with Crippen molar-refractivity contribution in [2.45, 2.75) is 0 Å². The zero-order chi connectivity index (χ0) is 13.1. The summed E-state index contributed by atoms with van der Waals surface area (Å²) >= 11 is 0. The standard InChI is InChI=1S/C13H15NO4/c1-14-11-4-3-10(18-6-5-17-2)7-9(11)8-12(14)13(15)16/h3-4,7-8H,5-6H2,1-2H3,(H,15,16). The predicted octanol–water partition coefficient (Wildman–Crippen LogP) is 1.90. The number of hydrogen-bond donors (Lipinski definition) is 1. The van der Waals surface area contributed by atoms with E-state index in [1.165, 1.54) is 0 Å². The average Bonchev–Trinajstić information content (AvgIpc) is 2.67. The topological polar surface area (TPSA) is 60.7 Å². The zero-order valence-corrected chi connectivity index (χ0v) is 10.3. The van der Waals surface area contributed by atoms with Gasteiger partial charge in [-0.15, -0.1) is 0 Å². The minimum absolute atomic E-state index is 0.263. The van der Waals surface area contributed by atoms with Crippen LogP contribution in [0.3, 0.4) is 0 Å². The molecule has 5 nitrogen and oxygen atoms in total. The van der Waals surface area contributed by atoms with Crippen LogP contribution >= 0.6 is 0 Å². The minimum atomic E-state index is -0.935. The maximum absolute atomic E-state index is 11.0. The highest BCUT2D eigenvalue weighted by molar-refractivity contribution is 5.94. The van der Waals surface area contributed by atoms with E-state index in [4.69, 9.17) is 14.6 Å². The first-order valence-corrected chi connectivity index (χ1v) is 5.58. The molecular formula is C13H15NO4. The molecule has 0 unspecified atom stereocenters. The van der Waals surface area contributed by atoms with E-state index < -0.39 is 5.97 Å². The van der Waals surface area contributed by atoms with Crippen molar-refractivity contribution in [3.05, 3.63) is 30.0 Å². The molecule has 2 aromatic rings. The Kier molecular flexibility index (Phi) is 3.53. The molecule has 0 amide bonds. The van der Waals surface area contributed by atoms with Gasteiger partial charge in [-0.25, -0.2) is 4.79 Å². The summed E-state index contributed by atoms with van der Waals surface area (Å²) in [6.45, 7) is 0.994. The summed E-state index contributed by atoms with van der Waals surface area (Å²) in [4.78, 5) is 11.0. The summed E-state index contributed by atoms with van der Waals surface area (Å²) in [6, 6.07) is 7.14. The molecule has 1 heterocycles. The number of hydrogen-bond acceptors (Lipinski definition) is 3. The molecule has 0 fully saturated rings. The molecule has 1 N–H and O–H groups in total. The summed E-state index contributed by atoms with van der Waals surface area (Å²) in [5.74, 6) is -0.224. The average molecular weight is 249 g/mol. The molecular weight excluding hydrogens is 234 g/mol. The van der Waals surface area contributed by atoms with Gasteiger partial charge in [-0.2, -0.15) is 0 Å². The molecule has 0 saturated heterocycles. The molecule has 0 bridgehead atoms. The second kappa shape index (κ2) is 5.10. The second-order valence-corrected chi connectivity index (χ2v) is 3.96. The van der Waals surface area contributed by atoms with Crippen molar-refractivity contribution in [1.82, 2.24) is 4.57 Å². The largest absolute Gasteiger partial charge is 0.491 e. The molecule has 0 spiro atoms. The van der Waals surface area contributed by atoms with Crippen LogP contribution in [0.25, 0.3) is 10.9 Å². The number of aromatic nitrogens is 1. The van der Waals surface area contributed by atoms with E-state index in [0.717, 1.165) is 10.9 Å². The number of nitrogens with zero attached hydrogens (tertiary/aromatic N) is 1. The number of carboxylic acids is 1. The van der Waals surface area contributed by atoms with Gasteiger partial charge in [-0.3, -0.25) is 0 Å². The molecule has 0 atom stereocenters. The van der Waals surface area contributed by atoms with Gasteiger partial charge in [0.15, 0.2) is 0 Å². The van der Waals surface area contributed by atoms with Gasteiger partial charge in [0.25, 0.3) is 0 Å². The van der Waals surface area contributed by atoms with Crippen molar-refractivity contribution >= 4 is 16.9 Å². The fourth-order valence-corrected chi connectivity index (χ4v) is 1.87. The molecule has 18 heavy (non-hydrogen) atoms. The number of rotatable bonds is 5. The van der Waals surface area contributed by atoms with Crippen molar-refractivity contribution in [3.63, 3.8) is 0 Å². The Morgan fingerprint density at radius 3 is 2.78 bits per heavy atom. The van der Waals surface area contributed by atoms with Gasteiger partial charge in [-0.1, -0.05) is 0 Å². The van der Waals surface area contributed by atoms with Crippen LogP contribution in [0.1, 0.15) is 10.5 Å². The monoisotopic (exact) mass is 249 g/mol. The zero-order valence-electron chi connectivity index (χ0n) is 10.3. The van der Waals surface area contributed by atoms with Crippen LogP contribution in [0.4, 0.5) is 0 Å². The maximum Gasteiger partial charge on any atom is 0.352 e. The Morgan fingerprint density at radius 1 is 1.33 bits per heavy atom. The van der Waals surface area contributed by atoms with E-state index in [1.807, 2.05) is 18.2 Å². The van der Waals surface area contributed by atoms with Gasteiger partial charge in [-0.05, 0) is 24.3 Å². The SMILES string of the molecule is COCCOc1ccc2c(c1)cc(C(=O)O)n2C. The molecule has 0 aliphatic rings. The second-order valence-electron chi connectivity index (χ2n) is 3.96. The van der Waals surface area contributed by atoms with Crippen molar-refractivity contribution in [2.75, 3.05) is 20.3 Å². The van der Waals surface area contributed by atoms with E-state index in [9.17, 15) is 4.79 Å². The minimum Gasteiger partial charge on any atom is -0.491 e. The van der Waals surface area contributed by atoms with Crippen LogP contribution in [0.2, 0.25) is 0 Å². The Labute approximate surface area is 105 Å². The molecule has 0 aliphatic carbocycles. The van der Waals surface area contributed by atoms with Crippen molar-refractivity contribution < 1.29 is 19.4 Å². The summed E-state index contributed by atoms with van der Waals surface area (Å²) in [5.41, 5.74) is 1.13. The lowest BCUT2D eigenvalue weighted by Crippen LogP contribution is -2.04. The van der Waals surface area contributed by atoms with Gasteiger partial charge in [0, 0.05) is 25.1 Å². The van der Waals surface area contributed by atoms with E-state index in [1.54, 1.807) is 24.8 Å². The van der Waals surface area contributed by atoms with Gasteiger partial charge >= 0.3 is 5.97 Å². The lowest BCUT2D eigenvalue weighted by molar-refractivity contribution is 0.0687.